The zero-order valence-electron chi connectivity index (χ0n) is 10.3. The van der Waals surface area contributed by atoms with Crippen LogP contribution in [0.4, 0.5) is 0 Å². The molecule has 0 amide bonds. The van der Waals surface area contributed by atoms with Gasteiger partial charge in [0.05, 0.1) is 6.61 Å². The molecular formula is C12H16O7S. The molecule has 0 bridgehead atoms. The maximum Gasteiger partial charge on any atom is 0.250 e. The molecule has 2 rings (SSSR count). The number of phenolic OH excluding ortho intramolecular Hbond substituents is 1. The van der Waals surface area contributed by atoms with E-state index in [9.17, 15) is 25.5 Å². The molecule has 20 heavy (non-hydrogen) atoms. The van der Waals surface area contributed by atoms with Gasteiger partial charge in [-0.25, -0.2) is 0 Å². The van der Waals surface area contributed by atoms with Crippen molar-refractivity contribution in [1.82, 2.24) is 0 Å². The minimum absolute atomic E-state index is 0.0372. The van der Waals surface area contributed by atoms with E-state index in [1.165, 1.54) is 24.3 Å². The van der Waals surface area contributed by atoms with Crippen molar-refractivity contribution < 1.29 is 35.4 Å². The summed E-state index contributed by atoms with van der Waals surface area (Å²) in [5, 5.41) is 55.5. The average Bonchev–Trinajstić information content (AvgIpc) is 2.43. The predicted octanol–water partition coefficient (Wildman–Crippen LogP) is -1.40. The van der Waals surface area contributed by atoms with Crippen molar-refractivity contribution in [1.29, 1.82) is 0 Å². The van der Waals surface area contributed by atoms with Crippen molar-refractivity contribution in [2.45, 2.75) is 34.4 Å². The van der Waals surface area contributed by atoms with Crippen LogP contribution in [0.15, 0.2) is 29.2 Å². The second kappa shape index (κ2) is 5.86. The molecule has 112 valence electrons. The molecule has 0 unspecified atom stereocenters. The Morgan fingerprint density at radius 1 is 1.10 bits per heavy atom. The topological polar surface area (TPSA) is 131 Å². The van der Waals surface area contributed by atoms with Gasteiger partial charge in [0.15, 0.2) is 0 Å². The maximum absolute atomic E-state index is 10.3. The number of thioether (sulfide) groups is 1. The standard InChI is InChI=1S/C12H16O7S/c13-5-8-9(15)10(16)11(17)12(18,19-8)20-7-3-1-6(14)2-4-7/h1-4,8-11,13-18H,5H2/t8-,9+,10+,11-,12+/m1/s1. The first-order chi connectivity index (χ1) is 9.37. The Hall–Kier alpha value is -0.870. The van der Waals surface area contributed by atoms with Gasteiger partial charge in [-0.3, -0.25) is 0 Å². The number of aliphatic hydroxyl groups is 5. The SMILES string of the molecule is OC[C@H]1O[C@](O)(Sc2ccc(O)cc2)[C@H](O)[C@@H](O)[C@H]1O. The number of aliphatic hydroxyl groups excluding tert-OH is 4. The van der Waals surface area contributed by atoms with Crippen LogP contribution in [-0.2, 0) is 4.74 Å². The monoisotopic (exact) mass is 304 g/mol. The Bertz CT molecular complexity index is 452. The first kappa shape index (κ1) is 15.5. The number of ether oxygens (including phenoxy) is 1. The van der Waals surface area contributed by atoms with Gasteiger partial charge in [-0.05, 0) is 24.3 Å². The zero-order chi connectivity index (χ0) is 14.9. The van der Waals surface area contributed by atoms with Gasteiger partial charge in [-0.2, -0.15) is 0 Å². The molecular weight excluding hydrogens is 288 g/mol. The summed E-state index contributed by atoms with van der Waals surface area (Å²) in [6.45, 7) is -0.622. The summed E-state index contributed by atoms with van der Waals surface area (Å²) in [5.74, 6) is 0.0372. The fourth-order valence-electron chi connectivity index (χ4n) is 1.89. The molecule has 0 spiro atoms. The average molecular weight is 304 g/mol. The molecule has 7 nitrogen and oxygen atoms in total. The molecule has 0 radical (unpaired) electrons. The van der Waals surface area contributed by atoms with Gasteiger partial charge in [0.2, 0.25) is 5.12 Å². The molecule has 0 aliphatic carbocycles. The summed E-state index contributed by atoms with van der Waals surface area (Å²) in [5.41, 5.74) is 0. The first-order valence-electron chi connectivity index (χ1n) is 5.90. The number of hydrogen-bond donors (Lipinski definition) is 6. The molecule has 0 saturated carbocycles. The van der Waals surface area contributed by atoms with Crippen molar-refractivity contribution in [3.8, 4) is 5.75 Å². The molecule has 1 aromatic carbocycles. The van der Waals surface area contributed by atoms with Gasteiger partial charge in [0.1, 0.15) is 30.2 Å². The third-order valence-corrected chi connectivity index (χ3v) is 4.17. The summed E-state index contributed by atoms with van der Waals surface area (Å²) in [7, 11) is 0. The Morgan fingerprint density at radius 2 is 1.70 bits per heavy atom. The molecule has 1 fully saturated rings. The highest BCUT2D eigenvalue weighted by molar-refractivity contribution is 8.00. The quantitative estimate of drug-likeness (QED) is 0.376. The third-order valence-electron chi connectivity index (χ3n) is 3.03. The Balaban J connectivity index is 2.20. The normalized spacial score (nSPS) is 37.9. The van der Waals surface area contributed by atoms with Crippen LogP contribution in [0, 0.1) is 0 Å². The summed E-state index contributed by atoms with van der Waals surface area (Å²) < 4.78 is 5.10. The molecule has 1 aromatic rings. The van der Waals surface area contributed by atoms with Crippen LogP contribution in [0.5, 0.6) is 5.75 Å². The Kier molecular flexibility index (Phi) is 4.55. The van der Waals surface area contributed by atoms with E-state index in [0.717, 1.165) is 0 Å². The van der Waals surface area contributed by atoms with E-state index < -0.39 is 36.1 Å². The lowest BCUT2D eigenvalue weighted by Gasteiger charge is -2.44. The molecule has 1 aliphatic heterocycles. The van der Waals surface area contributed by atoms with Crippen LogP contribution in [0.1, 0.15) is 0 Å². The second-order valence-corrected chi connectivity index (χ2v) is 5.75. The highest BCUT2D eigenvalue weighted by Crippen LogP contribution is 2.41. The molecule has 6 N–H and O–H groups in total. The lowest BCUT2D eigenvalue weighted by molar-refractivity contribution is -0.305. The van der Waals surface area contributed by atoms with Gasteiger partial charge in [0, 0.05) is 4.90 Å². The van der Waals surface area contributed by atoms with Gasteiger partial charge in [0.25, 0.3) is 0 Å². The van der Waals surface area contributed by atoms with E-state index in [-0.39, 0.29) is 5.75 Å². The smallest absolute Gasteiger partial charge is 0.250 e. The summed E-state index contributed by atoms with van der Waals surface area (Å²) in [6, 6.07) is 5.74. The van der Waals surface area contributed by atoms with Crippen LogP contribution in [0.2, 0.25) is 0 Å². The van der Waals surface area contributed by atoms with E-state index in [1.807, 2.05) is 0 Å². The third kappa shape index (κ3) is 2.91. The van der Waals surface area contributed by atoms with Crippen LogP contribution in [0.25, 0.3) is 0 Å². The van der Waals surface area contributed by atoms with Gasteiger partial charge in [-0.1, -0.05) is 11.8 Å². The van der Waals surface area contributed by atoms with Crippen molar-refractivity contribution >= 4 is 11.8 Å². The van der Waals surface area contributed by atoms with E-state index >= 15 is 0 Å². The predicted molar refractivity (Wildman–Crippen MR) is 68.9 cm³/mol. The summed E-state index contributed by atoms with van der Waals surface area (Å²) >= 11 is 0.699. The van der Waals surface area contributed by atoms with Crippen LogP contribution in [0.3, 0.4) is 0 Å². The fraction of sp³-hybridized carbons (Fsp3) is 0.500. The molecule has 1 aliphatic rings. The van der Waals surface area contributed by atoms with E-state index in [1.54, 1.807) is 0 Å². The largest absolute Gasteiger partial charge is 0.508 e. The summed E-state index contributed by atoms with van der Waals surface area (Å²) in [6.07, 6.45) is -6.15. The molecule has 1 heterocycles. The van der Waals surface area contributed by atoms with Crippen LogP contribution >= 0.6 is 11.8 Å². The Labute approximate surface area is 119 Å². The molecule has 5 atom stereocenters. The fourth-order valence-corrected chi connectivity index (χ4v) is 2.93. The van der Waals surface area contributed by atoms with Gasteiger partial charge < -0.3 is 35.4 Å². The second-order valence-electron chi connectivity index (χ2n) is 4.49. The minimum Gasteiger partial charge on any atom is -0.508 e. The number of phenols is 1. The number of benzene rings is 1. The van der Waals surface area contributed by atoms with Crippen LogP contribution < -0.4 is 0 Å². The highest BCUT2D eigenvalue weighted by Gasteiger charge is 2.53. The lowest BCUT2D eigenvalue weighted by Crippen LogP contribution is -2.63. The van der Waals surface area contributed by atoms with Crippen molar-refractivity contribution in [2.24, 2.45) is 0 Å². The zero-order valence-corrected chi connectivity index (χ0v) is 11.1. The maximum atomic E-state index is 10.3. The highest BCUT2D eigenvalue weighted by atomic mass is 32.2. The van der Waals surface area contributed by atoms with Crippen molar-refractivity contribution in [3.05, 3.63) is 24.3 Å². The minimum atomic E-state index is -2.22. The molecule has 1 saturated heterocycles. The summed E-state index contributed by atoms with van der Waals surface area (Å²) in [4.78, 5) is 0.463. The molecule has 0 aromatic heterocycles. The van der Waals surface area contributed by atoms with Gasteiger partial charge in [-0.15, -0.1) is 0 Å². The van der Waals surface area contributed by atoms with E-state index in [4.69, 9.17) is 9.84 Å². The number of hydrogen-bond acceptors (Lipinski definition) is 8. The van der Waals surface area contributed by atoms with E-state index in [2.05, 4.69) is 0 Å². The first-order valence-corrected chi connectivity index (χ1v) is 6.72. The van der Waals surface area contributed by atoms with Gasteiger partial charge >= 0.3 is 0 Å². The molecule has 8 heteroatoms. The van der Waals surface area contributed by atoms with E-state index in [0.29, 0.717) is 16.7 Å². The lowest BCUT2D eigenvalue weighted by atomic mass is 9.99. The van der Waals surface area contributed by atoms with Crippen molar-refractivity contribution in [3.63, 3.8) is 0 Å². The van der Waals surface area contributed by atoms with Crippen molar-refractivity contribution in [2.75, 3.05) is 6.61 Å². The number of aromatic hydroxyl groups is 1. The number of rotatable bonds is 3. The van der Waals surface area contributed by atoms with Crippen LogP contribution in [-0.4, -0.2) is 66.8 Å². The Morgan fingerprint density at radius 3 is 2.25 bits per heavy atom.